The summed E-state index contributed by atoms with van der Waals surface area (Å²) in [6.45, 7) is 0.488. The Morgan fingerprint density at radius 1 is 1.17 bits per heavy atom. The molecule has 2 rings (SSSR count). The van der Waals surface area contributed by atoms with Gasteiger partial charge in [0.25, 0.3) is 0 Å². The lowest BCUT2D eigenvalue weighted by molar-refractivity contribution is 0.393. The standard InChI is InChI=1S/C11H15N5O2/c1-17-9-5-8(6-10(7-9)18-2)16-11(3-4-12)13-14-15-16/h5-7H,3-4,12H2,1-2H3. The fourth-order valence-electron chi connectivity index (χ4n) is 1.61. The fraction of sp³-hybridized carbons (Fsp3) is 0.364. The predicted octanol–water partition coefficient (Wildman–Crippen LogP) is 0.181. The van der Waals surface area contributed by atoms with Crippen LogP contribution in [0.4, 0.5) is 0 Å². The van der Waals surface area contributed by atoms with Gasteiger partial charge in [0, 0.05) is 24.6 Å². The van der Waals surface area contributed by atoms with Gasteiger partial charge in [-0.15, -0.1) is 5.10 Å². The Morgan fingerprint density at radius 3 is 2.39 bits per heavy atom. The van der Waals surface area contributed by atoms with Gasteiger partial charge in [0.05, 0.1) is 19.9 Å². The lowest BCUT2D eigenvalue weighted by Crippen LogP contribution is -2.10. The lowest BCUT2D eigenvalue weighted by atomic mass is 10.2. The molecule has 0 amide bonds. The first-order valence-corrected chi connectivity index (χ1v) is 5.49. The van der Waals surface area contributed by atoms with E-state index in [2.05, 4.69) is 15.5 Å². The van der Waals surface area contributed by atoms with Gasteiger partial charge in [-0.25, -0.2) is 0 Å². The number of rotatable bonds is 5. The quantitative estimate of drug-likeness (QED) is 0.813. The van der Waals surface area contributed by atoms with Crippen molar-refractivity contribution in [2.75, 3.05) is 20.8 Å². The summed E-state index contributed by atoms with van der Waals surface area (Å²) in [5, 5.41) is 11.5. The first kappa shape index (κ1) is 12.3. The molecule has 0 atom stereocenters. The van der Waals surface area contributed by atoms with Crippen molar-refractivity contribution in [3.8, 4) is 17.2 Å². The molecule has 7 heteroatoms. The van der Waals surface area contributed by atoms with Gasteiger partial charge in [0.2, 0.25) is 0 Å². The average molecular weight is 249 g/mol. The highest BCUT2D eigenvalue weighted by atomic mass is 16.5. The van der Waals surface area contributed by atoms with Crippen LogP contribution < -0.4 is 15.2 Å². The molecule has 18 heavy (non-hydrogen) atoms. The second-order valence-electron chi connectivity index (χ2n) is 3.62. The maximum absolute atomic E-state index is 5.52. The Balaban J connectivity index is 2.45. The molecule has 0 bridgehead atoms. The van der Waals surface area contributed by atoms with Crippen LogP contribution >= 0.6 is 0 Å². The minimum Gasteiger partial charge on any atom is -0.497 e. The Bertz CT molecular complexity index is 504. The highest BCUT2D eigenvalue weighted by molar-refractivity contribution is 5.46. The number of methoxy groups -OCH3 is 2. The average Bonchev–Trinajstić information content (AvgIpc) is 2.87. The van der Waals surface area contributed by atoms with Gasteiger partial charge in [-0.05, 0) is 17.0 Å². The molecular formula is C11H15N5O2. The topological polar surface area (TPSA) is 88.1 Å². The first-order chi connectivity index (χ1) is 8.78. The number of hydrogen-bond donors (Lipinski definition) is 1. The summed E-state index contributed by atoms with van der Waals surface area (Å²) in [6, 6.07) is 5.45. The third-order valence-corrected chi connectivity index (χ3v) is 2.48. The van der Waals surface area contributed by atoms with Crippen molar-refractivity contribution < 1.29 is 9.47 Å². The van der Waals surface area contributed by atoms with Gasteiger partial charge in [-0.2, -0.15) is 4.68 Å². The van der Waals surface area contributed by atoms with Crippen molar-refractivity contribution in [2.45, 2.75) is 6.42 Å². The fourth-order valence-corrected chi connectivity index (χ4v) is 1.61. The van der Waals surface area contributed by atoms with Crippen LogP contribution in [0, 0.1) is 0 Å². The van der Waals surface area contributed by atoms with Gasteiger partial charge in [-0.3, -0.25) is 0 Å². The number of benzene rings is 1. The Kier molecular flexibility index (Phi) is 3.73. The van der Waals surface area contributed by atoms with E-state index in [4.69, 9.17) is 15.2 Å². The number of nitrogens with two attached hydrogens (primary N) is 1. The van der Waals surface area contributed by atoms with E-state index in [1.807, 2.05) is 12.1 Å². The van der Waals surface area contributed by atoms with Gasteiger partial charge in [0.15, 0.2) is 5.82 Å². The molecule has 0 unspecified atom stereocenters. The summed E-state index contributed by atoms with van der Waals surface area (Å²) < 4.78 is 12.0. The molecule has 0 radical (unpaired) electrons. The molecule has 0 saturated heterocycles. The van der Waals surface area contributed by atoms with E-state index in [9.17, 15) is 0 Å². The molecule has 1 aromatic heterocycles. The van der Waals surface area contributed by atoms with Crippen LogP contribution in [-0.2, 0) is 6.42 Å². The molecule has 0 aliphatic rings. The monoisotopic (exact) mass is 249 g/mol. The van der Waals surface area contributed by atoms with Crippen molar-refractivity contribution in [2.24, 2.45) is 5.73 Å². The molecule has 96 valence electrons. The van der Waals surface area contributed by atoms with Gasteiger partial charge in [-0.1, -0.05) is 0 Å². The van der Waals surface area contributed by atoms with Gasteiger partial charge >= 0.3 is 0 Å². The molecule has 0 fully saturated rings. The molecule has 1 heterocycles. The SMILES string of the molecule is COc1cc(OC)cc(-n2nnnc2CCN)c1. The Morgan fingerprint density at radius 2 is 1.83 bits per heavy atom. The number of hydrogen-bond acceptors (Lipinski definition) is 6. The van der Waals surface area contributed by atoms with Crippen LogP contribution in [0.3, 0.4) is 0 Å². The molecule has 0 saturated carbocycles. The van der Waals surface area contributed by atoms with Crippen molar-refractivity contribution in [3.05, 3.63) is 24.0 Å². The molecule has 2 aromatic rings. The van der Waals surface area contributed by atoms with Crippen molar-refractivity contribution in [1.29, 1.82) is 0 Å². The Hall–Kier alpha value is -2.15. The summed E-state index contributed by atoms with van der Waals surface area (Å²) in [6.07, 6.45) is 0.604. The van der Waals surface area contributed by atoms with Crippen molar-refractivity contribution in [3.63, 3.8) is 0 Å². The molecule has 1 aromatic carbocycles. The largest absolute Gasteiger partial charge is 0.497 e. The zero-order valence-corrected chi connectivity index (χ0v) is 10.3. The summed E-state index contributed by atoms with van der Waals surface area (Å²) in [5.41, 5.74) is 6.30. The van der Waals surface area contributed by atoms with E-state index in [-0.39, 0.29) is 0 Å². The van der Waals surface area contributed by atoms with Crippen LogP contribution in [0.1, 0.15) is 5.82 Å². The molecule has 7 nitrogen and oxygen atoms in total. The maximum Gasteiger partial charge on any atom is 0.157 e. The normalized spacial score (nSPS) is 10.4. The second-order valence-corrected chi connectivity index (χ2v) is 3.62. The van der Waals surface area contributed by atoms with E-state index < -0.39 is 0 Å². The van der Waals surface area contributed by atoms with E-state index in [1.54, 1.807) is 25.0 Å². The minimum atomic E-state index is 0.488. The van der Waals surface area contributed by atoms with Crippen LogP contribution in [0.15, 0.2) is 18.2 Å². The number of tetrazole rings is 1. The molecule has 0 aliphatic heterocycles. The number of aromatic nitrogens is 4. The summed E-state index contributed by atoms with van der Waals surface area (Å²) in [5.74, 6) is 2.06. The van der Waals surface area contributed by atoms with Crippen LogP contribution in [0.5, 0.6) is 11.5 Å². The lowest BCUT2D eigenvalue weighted by Gasteiger charge is -2.09. The van der Waals surface area contributed by atoms with Gasteiger partial charge in [0.1, 0.15) is 11.5 Å². The summed E-state index contributed by atoms with van der Waals surface area (Å²) in [7, 11) is 3.19. The molecule has 0 spiro atoms. The van der Waals surface area contributed by atoms with Crippen molar-refractivity contribution in [1.82, 2.24) is 20.2 Å². The van der Waals surface area contributed by atoms with E-state index in [1.165, 1.54) is 0 Å². The summed E-state index contributed by atoms with van der Waals surface area (Å²) in [4.78, 5) is 0. The number of ether oxygens (including phenoxy) is 2. The van der Waals surface area contributed by atoms with Gasteiger partial charge < -0.3 is 15.2 Å². The zero-order valence-electron chi connectivity index (χ0n) is 10.3. The highest BCUT2D eigenvalue weighted by Gasteiger charge is 2.10. The van der Waals surface area contributed by atoms with E-state index in [0.717, 1.165) is 5.69 Å². The molecular weight excluding hydrogens is 234 g/mol. The molecule has 2 N–H and O–H groups in total. The van der Waals surface area contributed by atoms with Crippen LogP contribution in [-0.4, -0.2) is 41.0 Å². The van der Waals surface area contributed by atoms with Crippen LogP contribution in [0.2, 0.25) is 0 Å². The first-order valence-electron chi connectivity index (χ1n) is 5.49. The zero-order chi connectivity index (χ0) is 13.0. The third-order valence-electron chi connectivity index (χ3n) is 2.48. The van der Waals surface area contributed by atoms with Crippen LogP contribution in [0.25, 0.3) is 5.69 Å². The molecule has 0 aliphatic carbocycles. The maximum atomic E-state index is 5.52. The second kappa shape index (κ2) is 5.46. The van der Waals surface area contributed by atoms with E-state index >= 15 is 0 Å². The highest BCUT2D eigenvalue weighted by Crippen LogP contribution is 2.24. The summed E-state index contributed by atoms with van der Waals surface area (Å²) >= 11 is 0. The van der Waals surface area contributed by atoms with E-state index in [0.29, 0.717) is 30.3 Å². The third kappa shape index (κ3) is 2.40. The minimum absolute atomic E-state index is 0.488. The predicted molar refractivity (Wildman–Crippen MR) is 65.0 cm³/mol. The Labute approximate surface area is 104 Å². The smallest absolute Gasteiger partial charge is 0.157 e. The number of nitrogens with zero attached hydrogens (tertiary/aromatic N) is 4. The van der Waals surface area contributed by atoms with Crippen molar-refractivity contribution >= 4 is 0 Å².